The molecule has 0 aliphatic heterocycles. The summed E-state index contributed by atoms with van der Waals surface area (Å²) in [6.45, 7) is 0. The van der Waals surface area contributed by atoms with E-state index in [1.165, 1.54) is 0 Å². The molecule has 0 saturated heterocycles. The number of hydrogen-bond acceptors (Lipinski definition) is 3. The lowest BCUT2D eigenvalue weighted by Gasteiger charge is -1.97. The zero-order valence-electron chi connectivity index (χ0n) is 5.55. The van der Waals surface area contributed by atoms with Gasteiger partial charge in [0, 0.05) is 0 Å². The normalized spacial score (nSPS) is 11.6. The Balaban J connectivity index is 3.00. The van der Waals surface area contributed by atoms with Gasteiger partial charge in [0.05, 0.1) is 0 Å². The van der Waals surface area contributed by atoms with Gasteiger partial charge in [0.2, 0.25) is 0 Å². The molecule has 1 aromatic heterocycles. The molecule has 2 N–H and O–H groups in total. The molecule has 0 bridgehead atoms. The summed E-state index contributed by atoms with van der Waals surface area (Å²) in [5.41, 5.74) is 3.34. The van der Waals surface area contributed by atoms with E-state index in [0.717, 1.165) is 0 Å². The van der Waals surface area contributed by atoms with Crippen LogP contribution in [0.15, 0.2) is 10.7 Å². The number of aromatic nitrogens is 1. The van der Waals surface area contributed by atoms with E-state index in [4.69, 9.17) is 0 Å². The molecule has 0 atom stereocenters. The highest BCUT2D eigenvalue weighted by Crippen LogP contribution is 2.27. The third-order valence-electron chi connectivity index (χ3n) is 1.01. The fraction of sp³-hybridized carbons (Fsp3) is 0.200. The molecule has 4 nitrogen and oxygen atoms in total. The molecule has 1 aromatic rings. The van der Waals surface area contributed by atoms with E-state index in [1.807, 2.05) is 0 Å². The van der Waals surface area contributed by atoms with Gasteiger partial charge in [-0.25, -0.2) is 4.98 Å². The van der Waals surface area contributed by atoms with Gasteiger partial charge >= 0.3 is 12.1 Å². The molecule has 1 rings (SSSR count). The number of nitrogens with zero attached hydrogens (tertiary/aromatic N) is 1. The second kappa shape index (κ2) is 2.50. The second-order valence-corrected chi connectivity index (χ2v) is 1.90. The third-order valence-corrected chi connectivity index (χ3v) is 1.01. The van der Waals surface area contributed by atoms with Gasteiger partial charge in [-0.1, -0.05) is 0 Å². The van der Waals surface area contributed by atoms with E-state index in [1.54, 1.807) is 0 Å². The van der Waals surface area contributed by atoms with Gasteiger partial charge in [-0.15, -0.1) is 0 Å². The molecule has 0 aromatic carbocycles. The van der Waals surface area contributed by atoms with Crippen LogP contribution in [-0.4, -0.2) is 10.9 Å². The number of halogens is 3. The zero-order chi connectivity index (χ0) is 9.35. The Labute approximate surface area is 64.2 Å². The Bertz CT molecular complexity index is 304. The van der Waals surface area contributed by atoms with Crippen molar-refractivity contribution in [3.8, 4) is 0 Å². The maximum atomic E-state index is 11.8. The summed E-state index contributed by atoms with van der Waals surface area (Å²) in [6.07, 6.45) is -4.28. The third kappa shape index (κ3) is 1.55. The van der Waals surface area contributed by atoms with Crippen molar-refractivity contribution in [2.24, 2.45) is 5.73 Å². The minimum atomic E-state index is -4.61. The van der Waals surface area contributed by atoms with Gasteiger partial charge in [0.15, 0.2) is 5.69 Å². The van der Waals surface area contributed by atoms with Gasteiger partial charge in [0.25, 0.3) is 5.89 Å². The lowest BCUT2D eigenvalue weighted by molar-refractivity contribution is -0.141. The quantitative estimate of drug-likeness (QED) is 0.694. The highest BCUT2D eigenvalue weighted by atomic mass is 19.4. The maximum absolute atomic E-state index is 11.8. The lowest BCUT2D eigenvalue weighted by atomic mass is 10.5. The molecule has 0 aliphatic carbocycles. The predicted octanol–water partition coefficient (Wildman–Crippen LogP) is 0.792. The molecular weight excluding hydrogens is 177 g/mol. The van der Waals surface area contributed by atoms with Crippen LogP contribution >= 0.6 is 0 Å². The molecule has 0 aliphatic rings. The molecule has 1 heterocycles. The summed E-state index contributed by atoms with van der Waals surface area (Å²) >= 11 is 0. The van der Waals surface area contributed by atoms with Crippen LogP contribution in [0.4, 0.5) is 13.2 Å². The minimum Gasteiger partial charge on any atom is -0.440 e. The van der Waals surface area contributed by atoms with Crippen LogP contribution in [0.2, 0.25) is 0 Å². The van der Waals surface area contributed by atoms with Crippen LogP contribution in [0.3, 0.4) is 0 Å². The molecule has 7 heteroatoms. The van der Waals surface area contributed by atoms with Crippen LogP contribution in [0.1, 0.15) is 16.4 Å². The maximum Gasteiger partial charge on any atom is 0.436 e. The lowest BCUT2D eigenvalue weighted by Crippen LogP contribution is -2.12. The van der Waals surface area contributed by atoms with Crippen molar-refractivity contribution in [1.82, 2.24) is 4.98 Å². The molecular formula is C5H3F3N2O2. The summed E-state index contributed by atoms with van der Waals surface area (Å²) < 4.78 is 39.5. The Morgan fingerprint density at radius 2 is 2.17 bits per heavy atom. The minimum absolute atomic E-state index is 0.333. The average Bonchev–Trinajstić information content (AvgIpc) is 2.30. The van der Waals surface area contributed by atoms with Crippen molar-refractivity contribution in [2.75, 3.05) is 0 Å². The number of primary amides is 1. The highest BCUT2D eigenvalue weighted by Gasteiger charge is 2.35. The molecule has 0 radical (unpaired) electrons. The molecule has 0 spiro atoms. The van der Waals surface area contributed by atoms with Crippen molar-refractivity contribution < 1.29 is 22.4 Å². The topological polar surface area (TPSA) is 69.1 Å². The first kappa shape index (κ1) is 8.57. The number of hydrogen-bond donors (Lipinski definition) is 1. The SMILES string of the molecule is NC(=O)c1nc(C(F)(F)F)co1. The molecule has 12 heavy (non-hydrogen) atoms. The largest absolute Gasteiger partial charge is 0.440 e. The van der Waals surface area contributed by atoms with Crippen LogP contribution in [0, 0.1) is 0 Å². The molecule has 0 fully saturated rings. The van der Waals surface area contributed by atoms with Gasteiger partial charge in [-0.3, -0.25) is 4.79 Å². The van der Waals surface area contributed by atoms with E-state index in [2.05, 4.69) is 15.1 Å². The van der Waals surface area contributed by atoms with E-state index in [0.29, 0.717) is 6.26 Å². The molecule has 0 saturated carbocycles. The summed E-state index contributed by atoms with van der Waals surface area (Å²) in [6, 6.07) is 0. The van der Waals surface area contributed by atoms with E-state index < -0.39 is 23.7 Å². The standard InChI is InChI=1S/C5H3F3N2O2/c6-5(7,8)2-1-12-4(10-2)3(9)11/h1H,(H2,9,11). The van der Waals surface area contributed by atoms with Crippen LogP contribution in [0.25, 0.3) is 0 Å². The molecule has 1 amide bonds. The van der Waals surface area contributed by atoms with Crippen molar-refractivity contribution in [2.45, 2.75) is 6.18 Å². The Hall–Kier alpha value is -1.53. The summed E-state index contributed by atoms with van der Waals surface area (Å²) in [4.78, 5) is 13.1. The first-order valence-corrected chi connectivity index (χ1v) is 2.74. The number of carbonyl (C=O) groups excluding carboxylic acids is 1. The van der Waals surface area contributed by atoms with Gasteiger partial charge in [-0.05, 0) is 0 Å². The summed E-state index contributed by atoms with van der Waals surface area (Å²) in [5, 5.41) is 0. The van der Waals surface area contributed by atoms with Gasteiger partial charge in [0.1, 0.15) is 6.26 Å². The number of alkyl halides is 3. The number of oxazole rings is 1. The highest BCUT2D eigenvalue weighted by molar-refractivity contribution is 5.87. The first-order chi connectivity index (χ1) is 5.41. The van der Waals surface area contributed by atoms with E-state index in [9.17, 15) is 18.0 Å². The van der Waals surface area contributed by atoms with Crippen molar-refractivity contribution in [3.63, 3.8) is 0 Å². The average molecular weight is 180 g/mol. The number of nitrogens with two attached hydrogens (primary N) is 1. The van der Waals surface area contributed by atoms with Crippen LogP contribution in [0.5, 0.6) is 0 Å². The van der Waals surface area contributed by atoms with E-state index >= 15 is 0 Å². The first-order valence-electron chi connectivity index (χ1n) is 2.74. The monoisotopic (exact) mass is 180 g/mol. The van der Waals surface area contributed by atoms with Crippen molar-refractivity contribution in [1.29, 1.82) is 0 Å². The van der Waals surface area contributed by atoms with Gasteiger partial charge in [-0.2, -0.15) is 13.2 Å². The Morgan fingerprint density at radius 1 is 1.58 bits per heavy atom. The van der Waals surface area contributed by atoms with Gasteiger partial charge < -0.3 is 10.2 Å². The fourth-order valence-electron chi connectivity index (χ4n) is 0.517. The molecule has 0 unspecified atom stereocenters. The van der Waals surface area contributed by atoms with Crippen molar-refractivity contribution in [3.05, 3.63) is 17.8 Å². The van der Waals surface area contributed by atoms with E-state index in [-0.39, 0.29) is 0 Å². The summed E-state index contributed by atoms with van der Waals surface area (Å²) in [7, 11) is 0. The number of amides is 1. The fourth-order valence-corrected chi connectivity index (χ4v) is 0.517. The zero-order valence-corrected chi connectivity index (χ0v) is 5.55. The Kier molecular flexibility index (Phi) is 1.79. The molecule has 66 valence electrons. The summed E-state index contributed by atoms with van der Waals surface area (Å²) in [5.74, 6) is -1.88. The number of rotatable bonds is 1. The Morgan fingerprint density at radius 3 is 2.42 bits per heavy atom. The van der Waals surface area contributed by atoms with Crippen LogP contribution < -0.4 is 5.73 Å². The van der Waals surface area contributed by atoms with Crippen molar-refractivity contribution >= 4 is 5.91 Å². The predicted molar refractivity (Wildman–Crippen MR) is 30.0 cm³/mol. The smallest absolute Gasteiger partial charge is 0.436 e. The second-order valence-electron chi connectivity index (χ2n) is 1.90. The number of carbonyl (C=O) groups is 1. The van der Waals surface area contributed by atoms with Crippen LogP contribution in [-0.2, 0) is 6.18 Å².